The summed E-state index contributed by atoms with van der Waals surface area (Å²) in [5, 5.41) is 10.1. The van der Waals surface area contributed by atoms with Gasteiger partial charge in [0.2, 0.25) is 5.91 Å². The summed E-state index contributed by atoms with van der Waals surface area (Å²) in [7, 11) is 0. The molecular formula is C19H16BrClN4O2. The summed E-state index contributed by atoms with van der Waals surface area (Å²) >= 11 is 9.49. The van der Waals surface area contributed by atoms with Crippen LogP contribution in [0.1, 0.15) is 15.9 Å². The van der Waals surface area contributed by atoms with Crippen LogP contribution in [0.2, 0.25) is 5.02 Å². The van der Waals surface area contributed by atoms with Crippen LogP contribution in [0.25, 0.3) is 0 Å². The molecule has 0 radical (unpaired) electrons. The van der Waals surface area contributed by atoms with Gasteiger partial charge in [0.15, 0.2) is 0 Å². The highest BCUT2D eigenvalue weighted by Gasteiger charge is 2.12. The van der Waals surface area contributed by atoms with E-state index in [1.807, 2.05) is 36.4 Å². The van der Waals surface area contributed by atoms with Crippen LogP contribution < -0.4 is 10.6 Å². The summed E-state index contributed by atoms with van der Waals surface area (Å²) in [5.74, 6) is -0.693. The van der Waals surface area contributed by atoms with E-state index >= 15 is 0 Å². The molecule has 27 heavy (non-hydrogen) atoms. The van der Waals surface area contributed by atoms with Crippen LogP contribution in [-0.2, 0) is 11.3 Å². The number of carbonyl (C=O) groups excluding carboxylic acids is 2. The first-order valence-electron chi connectivity index (χ1n) is 8.11. The lowest BCUT2D eigenvalue weighted by Gasteiger charge is -2.07. The van der Waals surface area contributed by atoms with E-state index in [0.717, 1.165) is 10.0 Å². The molecule has 138 valence electrons. The fraction of sp³-hybridized carbons (Fsp3) is 0.105. The molecule has 1 heterocycles. The average molecular weight is 448 g/mol. The molecule has 0 spiro atoms. The van der Waals surface area contributed by atoms with Crippen LogP contribution in [0.3, 0.4) is 0 Å². The number of benzene rings is 2. The van der Waals surface area contributed by atoms with Crippen LogP contribution in [0.4, 0.5) is 5.69 Å². The largest absolute Gasteiger partial charge is 0.343 e. The Balaban J connectivity index is 1.54. The van der Waals surface area contributed by atoms with E-state index in [-0.39, 0.29) is 18.4 Å². The van der Waals surface area contributed by atoms with E-state index in [1.165, 1.54) is 6.20 Å². The van der Waals surface area contributed by atoms with Crippen molar-refractivity contribution in [2.75, 3.05) is 11.9 Å². The van der Waals surface area contributed by atoms with Gasteiger partial charge in [0.1, 0.15) is 0 Å². The van der Waals surface area contributed by atoms with Gasteiger partial charge in [0.05, 0.1) is 30.5 Å². The van der Waals surface area contributed by atoms with Crippen molar-refractivity contribution in [3.8, 4) is 0 Å². The molecule has 0 aliphatic heterocycles. The van der Waals surface area contributed by atoms with E-state index < -0.39 is 0 Å². The molecule has 2 N–H and O–H groups in total. The Morgan fingerprint density at radius 3 is 2.63 bits per heavy atom. The molecule has 2 aromatic carbocycles. The molecule has 0 aliphatic carbocycles. The minimum atomic E-state index is -0.373. The normalized spacial score (nSPS) is 10.4. The topological polar surface area (TPSA) is 76.0 Å². The molecular weight excluding hydrogens is 432 g/mol. The number of rotatable bonds is 6. The monoisotopic (exact) mass is 446 g/mol. The second-order valence-corrected chi connectivity index (χ2v) is 6.99. The lowest BCUT2D eigenvalue weighted by Crippen LogP contribution is -2.32. The minimum Gasteiger partial charge on any atom is -0.343 e. The molecule has 6 nitrogen and oxygen atoms in total. The van der Waals surface area contributed by atoms with Crippen LogP contribution in [0.15, 0.2) is 65.4 Å². The Labute approximate surface area is 169 Å². The first-order chi connectivity index (χ1) is 13.0. The predicted molar refractivity (Wildman–Crippen MR) is 108 cm³/mol. The Bertz CT molecular complexity index is 974. The van der Waals surface area contributed by atoms with Crippen molar-refractivity contribution < 1.29 is 9.59 Å². The number of carbonyl (C=O) groups is 2. The highest BCUT2D eigenvalue weighted by molar-refractivity contribution is 9.10. The summed E-state index contributed by atoms with van der Waals surface area (Å²) < 4.78 is 2.39. The number of para-hydroxylation sites is 1. The number of amides is 2. The highest BCUT2D eigenvalue weighted by atomic mass is 79.9. The van der Waals surface area contributed by atoms with Crippen molar-refractivity contribution in [2.45, 2.75) is 6.54 Å². The zero-order valence-electron chi connectivity index (χ0n) is 14.2. The standard InChI is InChI=1S/C19H16BrClN4O2/c20-15-6-2-4-8-17(15)24-18(26)10-22-19(27)14-9-23-25(12-14)11-13-5-1-3-7-16(13)21/h1-9,12H,10-11H2,(H,22,27)(H,24,26). The van der Waals surface area contributed by atoms with Gasteiger partial charge in [-0.2, -0.15) is 5.10 Å². The number of nitrogens with one attached hydrogen (secondary N) is 2. The SMILES string of the molecule is O=C(CNC(=O)c1cnn(Cc2ccccc2Cl)c1)Nc1ccccc1Br. The van der Waals surface area contributed by atoms with E-state index in [4.69, 9.17) is 11.6 Å². The van der Waals surface area contributed by atoms with Gasteiger partial charge >= 0.3 is 0 Å². The summed E-state index contributed by atoms with van der Waals surface area (Å²) in [5.41, 5.74) is 1.92. The Morgan fingerprint density at radius 1 is 1.11 bits per heavy atom. The van der Waals surface area contributed by atoms with Crippen molar-refractivity contribution in [1.29, 1.82) is 0 Å². The van der Waals surface area contributed by atoms with Crippen molar-refractivity contribution in [3.05, 3.63) is 81.5 Å². The molecule has 0 saturated heterocycles. The fourth-order valence-electron chi connectivity index (χ4n) is 2.39. The second kappa shape index (κ2) is 8.83. The van der Waals surface area contributed by atoms with Gasteiger partial charge in [-0.15, -0.1) is 0 Å². The van der Waals surface area contributed by atoms with E-state index in [0.29, 0.717) is 22.8 Å². The van der Waals surface area contributed by atoms with Gasteiger partial charge in [-0.1, -0.05) is 41.9 Å². The van der Waals surface area contributed by atoms with E-state index in [2.05, 4.69) is 31.7 Å². The number of hydrogen-bond donors (Lipinski definition) is 2. The first kappa shape index (κ1) is 19.1. The van der Waals surface area contributed by atoms with E-state index in [9.17, 15) is 9.59 Å². The third-order valence-electron chi connectivity index (χ3n) is 3.74. The molecule has 8 heteroatoms. The Hall–Kier alpha value is -2.64. The van der Waals surface area contributed by atoms with Crippen molar-refractivity contribution >= 4 is 45.0 Å². The molecule has 0 bridgehead atoms. The van der Waals surface area contributed by atoms with Gasteiger partial charge in [-0.05, 0) is 39.7 Å². The van der Waals surface area contributed by atoms with Crippen LogP contribution in [-0.4, -0.2) is 28.1 Å². The predicted octanol–water partition coefficient (Wildman–Crippen LogP) is 3.72. The third kappa shape index (κ3) is 5.18. The fourth-order valence-corrected chi connectivity index (χ4v) is 2.97. The van der Waals surface area contributed by atoms with Crippen LogP contribution >= 0.6 is 27.5 Å². The Kier molecular flexibility index (Phi) is 6.26. The number of nitrogens with zero attached hydrogens (tertiary/aromatic N) is 2. The molecule has 0 unspecified atom stereocenters. The number of aromatic nitrogens is 2. The third-order valence-corrected chi connectivity index (χ3v) is 4.80. The first-order valence-corrected chi connectivity index (χ1v) is 9.28. The highest BCUT2D eigenvalue weighted by Crippen LogP contribution is 2.20. The van der Waals surface area contributed by atoms with Crippen molar-refractivity contribution in [2.24, 2.45) is 0 Å². The smallest absolute Gasteiger partial charge is 0.254 e. The molecule has 1 aromatic heterocycles. The van der Waals surface area contributed by atoms with Gasteiger partial charge < -0.3 is 10.6 Å². The minimum absolute atomic E-state index is 0.143. The van der Waals surface area contributed by atoms with Crippen LogP contribution in [0.5, 0.6) is 0 Å². The lowest BCUT2D eigenvalue weighted by molar-refractivity contribution is -0.115. The number of hydrogen-bond acceptors (Lipinski definition) is 3. The molecule has 2 amide bonds. The molecule has 0 aliphatic rings. The maximum atomic E-state index is 12.2. The number of halogens is 2. The molecule has 0 atom stereocenters. The van der Waals surface area contributed by atoms with Gasteiger partial charge in [-0.25, -0.2) is 0 Å². The van der Waals surface area contributed by atoms with Crippen LogP contribution in [0, 0.1) is 0 Å². The summed E-state index contributed by atoms with van der Waals surface area (Å²) in [4.78, 5) is 24.2. The van der Waals surface area contributed by atoms with E-state index in [1.54, 1.807) is 23.0 Å². The zero-order valence-corrected chi connectivity index (χ0v) is 16.5. The molecule has 3 rings (SSSR count). The maximum Gasteiger partial charge on any atom is 0.254 e. The van der Waals surface area contributed by atoms with Crippen molar-refractivity contribution in [1.82, 2.24) is 15.1 Å². The lowest BCUT2D eigenvalue weighted by atomic mass is 10.2. The van der Waals surface area contributed by atoms with Gasteiger partial charge in [0.25, 0.3) is 5.91 Å². The molecule has 0 fully saturated rings. The summed E-state index contributed by atoms with van der Waals surface area (Å²) in [6.07, 6.45) is 3.07. The molecule has 0 saturated carbocycles. The molecule has 3 aromatic rings. The van der Waals surface area contributed by atoms with Crippen molar-refractivity contribution in [3.63, 3.8) is 0 Å². The maximum absolute atomic E-state index is 12.2. The summed E-state index contributed by atoms with van der Waals surface area (Å²) in [6.45, 7) is 0.311. The quantitative estimate of drug-likeness (QED) is 0.605. The zero-order chi connectivity index (χ0) is 19.2. The van der Waals surface area contributed by atoms with Gasteiger partial charge in [-0.3, -0.25) is 14.3 Å². The summed E-state index contributed by atoms with van der Waals surface area (Å²) in [6, 6.07) is 14.7. The van der Waals surface area contributed by atoms with Gasteiger partial charge in [0, 0.05) is 15.7 Å². The number of anilines is 1. The average Bonchev–Trinajstić information content (AvgIpc) is 3.12. The Morgan fingerprint density at radius 2 is 1.85 bits per heavy atom. The second-order valence-electron chi connectivity index (χ2n) is 5.73.